The molecule has 0 amide bonds. The SMILES string of the molecule is CCOC(=O)c1ccc2occ(-n3c(=O)cc(C(F)(F)F)n(C)c3=O)c2c1. The first-order chi connectivity index (χ1) is 12.6. The first-order valence-corrected chi connectivity index (χ1v) is 7.74. The van der Waals surface area contributed by atoms with Crippen LogP contribution in [0.15, 0.2) is 44.5 Å². The molecule has 10 heteroatoms. The molecule has 0 aliphatic rings. The second-order valence-corrected chi connectivity index (χ2v) is 5.59. The zero-order valence-corrected chi connectivity index (χ0v) is 14.2. The minimum atomic E-state index is -4.86. The third-order valence-corrected chi connectivity index (χ3v) is 3.92. The van der Waals surface area contributed by atoms with E-state index in [0.29, 0.717) is 15.2 Å². The van der Waals surface area contributed by atoms with E-state index in [9.17, 15) is 27.6 Å². The fourth-order valence-corrected chi connectivity index (χ4v) is 2.65. The fraction of sp³-hybridized carbons (Fsp3) is 0.235. The number of carbonyl (C=O) groups excluding carboxylic acids is 1. The molecular formula is C17H13F3N2O5. The molecule has 3 aromatic rings. The van der Waals surface area contributed by atoms with Gasteiger partial charge in [-0.25, -0.2) is 14.2 Å². The lowest BCUT2D eigenvalue weighted by molar-refractivity contribution is -0.144. The third-order valence-electron chi connectivity index (χ3n) is 3.92. The highest BCUT2D eigenvalue weighted by Crippen LogP contribution is 2.28. The number of rotatable bonds is 3. The summed E-state index contributed by atoms with van der Waals surface area (Å²) in [5.41, 5.74) is -3.42. The first-order valence-electron chi connectivity index (χ1n) is 7.74. The average Bonchev–Trinajstić information content (AvgIpc) is 3.00. The Morgan fingerprint density at radius 3 is 2.56 bits per heavy atom. The Bertz CT molecular complexity index is 1150. The number of alkyl halides is 3. The average molecular weight is 382 g/mol. The lowest BCUT2D eigenvalue weighted by Gasteiger charge is -2.13. The molecule has 0 spiro atoms. The van der Waals surface area contributed by atoms with Crippen LogP contribution in [0.25, 0.3) is 16.7 Å². The summed E-state index contributed by atoms with van der Waals surface area (Å²) in [6, 6.07) is 4.54. The number of furan rings is 1. The molecule has 142 valence electrons. The molecule has 1 aromatic carbocycles. The summed E-state index contributed by atoms with van der Waals surface area (Å²) in [4.78, 5) is 36.5. The fourth-order valence-electron chi connectivity index (χ4n) is 2.65. The normalized spacial score (nSPS) is 11.7. The minimum Gasteiger partial charge on any atom is -0.462 e. The van der Waals surface area contributed by atoms with Gasteiger partial charge in [0.1, 0.15) is 17.5 Å². The second-order valence-electron chi connectivity index (χ2n) is 5.59. The van der Waals surface area contributed by atoms with Crippen molar-refractivity contribution in [1.82, 2.24) is 9.13 Å². The number of esters is 1. The van der Waals surface area contributed by atoms with Gasteiger partial charge >= 0.3 is 17.8 Å². The number of halogens is 3. The van der Waals surface area contributed by atoms with E-state index < -0.39 is 29.1 Å². The van der Waals surface area contributed by atoms with Crippen LogP contribution >= 0.6 is 0 Å². The van der Waals surface area contributed by atoms with Crippen molar-refractivity contribution in [1.29, 1.82) is 0 Å². The Labute approximate surface area is 149 Å². The van der Waals surface area contributed by atoms with Crippen LogP contribution in [0, 0.1) is 0 Å². The van der Waals surface area contributed by atoms with Crippen LogP contribution in [-0.2, 0) is 18.0 Å². The highest BCUT2D eigenvalue weighted by molar-refractivity contribution is 5.96. The Morgan fingerprint density at radius 1 is 1.22 bits per heavy atom. The smallest absolute Gasteiger partial charge is 0.431 e. The van der Waals surface area contributed by atoms with Gasteiger partial charge in [-0.05, 0) is 25.1 Å². The van der Waals surface area contributed by atoms with Crippen molar-refractivity contribution in [3.8, 4) is 5.69 Å². The number of ether oxygens (including phenoxy) is 1. The molecule has 0 saturated heterocycles. The van der Waals surface area contributed by atoms with Gasteiger partial charge < -0.3 is 9.15 Å². The van der Waals surface area contributed by atoms with E-state index in [4.69, 9.17) is 9.15 Å². The van der Waals surface area contributed by atoms with Crippen molar-refractivity contribution in [3.63, 3.8) is 0 Å². The highest BCUT2D eigenvalue weighted by atomic mass is 19.4. The molecule has 0 radical (unpaired) electrons. The van der Waals surface area contributed by atoms with Gasteiger partial charge in [0.2, 0.25) is 0 Å². The molecule has 0 unspecified atom stereocenters. The Morgan fingerprint density at radius 2 is 1.93 bits per heavy atom. The van der Waals surface area contributed by atoms with E-state index in [0.717, 1.165) is 13.3 Å². The second kappa shape index (κ2) is 6.45. The molecule has 3 rings (SSSR count). The summed E-state index contributed by atoms with van der Waals surface area (Å²) >= 11 is 0. The molecule has 27 heavy (non-hydrogen) atoms. The Balaban J connectivity index is 2.26. The maximum Gasteiger partial charge on any atom is 0.431 e. The predicted molar refractivity (Wildman–Crippen MR) is 88.0 cm³/mol. The molecule has 0 aliphatic carbocycles. The van der Waals surface area contributed by atoms with Crippen molar-refractivity contribution >= 4 is 16.9 Å². The molecule has 7 nitrogen and oxygen atoms in total. The summed E-state index contributed by atoms with van der Waals surface area (Å²) < 4.78 is 50.0. The van der Waals surface area contributed by atoms with Crippen molar-refractivity contribution in [2.45, 2.75) is 13.1 Å². The van der Waals surface area contributed by atoms with E-state index in [-0.39, 0.29) is 28.8 Å². The van der Waals surface area contributed by atoms with Crippen molar-refractivity contribution in [2.75, 3.05) is 6.61 Å². The number of aromatic nitrogens is 2. The van der Waals surface area contributed by atoms with E-state index in [1.54, 1.807) is 6.92 Å². The third kappa shape index (κ3) is 3.14. The molecular weight excluding hydrogens is 369 g/mol. The van der Waals surface area contributed by atoms with E-state index in [2.05, 4.69) is 0 Å². The standard InChI is InChI=1S/C17H13F3N2O5/c1-3-26-15(24)9-4-5-12-10(6-9)11(8-27-12)22-14(23)7-13(17(18,19)20)21(2)16(22)25/h4-8H,3H2,1-2H3. The monoisotopic (exact) mass is 382 g/mol. The largest absolute Gasteiger partial charge is 0.462 e. The molecule has 0 fully saturated rings. The molecule has 0 saturated carbocycles. The van der Waals surface area contributed by atoms with Gasteiger partial charge in [0.15, 0.2) is 0 Å². The van der Waals surface area contributed by atoms with E-state index >= 15 is 0 Å². The maximum atomic E-state index is 13.0. The first kappa shape index (κ1) is 18.5. The van der Waals surface area contributed by atoms with Gasteiger partial charge in [-0.3, -0.25) is 9.36 Å². The lowest BCUT2D eigenvalue weighted by atomic mass is 10.1. The quantitative estimate of drug-likeness (QED) is 0.650. The van der Waals surface area contributed by atoms with Gasteiger partial charge in [0, 0.05) is 18.5 Å². The van der Waals surface area contributed by atoms with Crippen molar-refractivity contribution in [3.05, 3.63) is 62.6 Å². The van der Waals surface area contributed by atoms with Crippen LogP contribution in [0.4, 0.5) is 13.2 Å². The van der Waals surface area contributed by atoms with Crippen LogP contribution in [0.1, 0.15) is 23.0 Å². The number of fused-ring (bicyclic) bond motifs is 1. The number of hydrogen-bond donors (Lipinski definition) is 0. The van der Waals surface area contributed by atoms with E-state index in [1.165, 1.54) is 18.2 Å². The summed E-state index contributed by atoms with van der Waals surface area (Å²) in [5, 5.41) is 0.208. The molecule has 0 bridgehead atoms. The minimum absolute atomic E-state index is 0.0736. The molecule has 0 N–H and O–H groups in total. The summed E-state index contributed by atoms with van der Waals surface area (Å²) in [5.74, 6) is -0.626. The van der Waals surface area contributed by atoms with Crippen LogP contribution < -0.4 is 11.2 Å². The highest BCUT2D eigenvalue weighted by Gasteiger charge is 2.35. The van der Waals surface area contributed by atoms with Gasteiger partial charge in [0.05, 0.1) is 17.9 Å². The van der Waals surface area contributed by atoms with Crippen molar-refractivity contribution in [2.24, 2.45) is 7.05 Å². The molecule has 0 atom stereocenters. The van der Waals surface area contributed by atoms with Crippen LogP contribution in [0.2, 0.25) is 0 Å². The van der Waals surface area contributed by atoms with Gasteiger partial charge in [0.25, 0.3) is 5.56 Å². The summed E-state index contributed by atoms with van der Waals surface area (Å²) in [6.45, 7) is 1.78. The topological polar surface area (TPSA) is 83.4 Å². The predicted octanol–water partition coefficient (Wildman–Crippen LogP) is 2.48. The maximum absolute atomic E-state index is 13.0. The van der Waals surface area contributed by atoms with Gasteiger partial charge in [-0.1, -0.05) is 0 Å². The van der Waals surface area contributed by atoms with E-state index in [1.807, 2.05) is 0 Å². The lowest BCUT2D eigenvalue weighted by Crippen LogP contribution is -2.40. The summed E-state index contributed by atoms with van der Waals surface area (Å²) in [7, 11) is 0.910. The molecule has 0 aliphatic heterocycles. The van der Waals surface area contributed by atoms with Crippen LogP contribution in [0.5, 0.6) is 0 Å². The van der Waals surface area contributed by atoms with Crippen LogP contribution in [-0.4, -0.2) is 21.7 Å². The molecule has 2 heterocycles. The molecule has 2 aromatic heterocycles. The zero-order valence-electron chi connectivity index (χ0n) is 14.2. The van der Waals surface area contributed by atoms with Gasteiger partial charge in [-0.2, -0.15) is 13.2 Å². The Hall–Kier alpha value is -3.30. The Kier molecular flexibility index (Phi) is 4.42. The van der Waals surface area contributed by atoms with Gasteiger partial charge in [-0.15, -0.1) is 0 Å². The zero-order chi connectivity index (χ0) is 19.9. The number of hydrogen-bond acceptors (Lipinski definition) is 5. The number of benzene rings is 1. The van der Waals surface area contributed by atoms with Crippen molar-refractivity contribution < 1.29 is 27.1 Å². The number of nitrogens with zero attached hydrogens (tertiary/aromatic N) is 2. The number of carbonyl (C=O) groups is 1. The summed E-state index contributed by atoms with van der Waals surface area (Å²) in [6.07, 6.45) is -3.79. The van der Waals surface area contributed by atoms with Crippen LogP contribution in [0.3, 0.4) is 0 Å².